The molecule has 0 aliphatic heterocycles. The number of rotatable bonds is 3. The van der Waals surface area contributed by atoms with Gasteiger partial charge in [-0.05, 0) is 18.6 Å². The lowest BCUT2D eigenvalue weighted by Gasteiger charge is -2.19. The predicted molar refractivity (Wildman–Crippen MR) is 59.6 cm³/mol. The molecule has 0 unspecified atom stereocenters. The topological polar surface area (TPSA) is 46.2 Å². The van der Waals surface area contributed by atoms with Gasteiger partial charge in [0.05, 0.1) is 22.2 Å². The van der Waals surface area contributed by atoms with Gasteiger partial charge >= 0.3 is 0 Å². The highest BCUT2D eigenvalue weighted by Gasteiger charge is 2.22. The van der Waals surface area contributed by atoms with Gasteiger partial charge in [-0.1, -0.05) is 30.1 Å². The summed E-state index contributed by atoms with van der Waals surface area (Å²) in [6.07, 6.45) is -0.417. The van der Waals surface area contributed by atoms with E-state index >= 15 is 0 Å². The maximum atomic E-state index is 13.4. The molecule has 0 aliphatic rings. The second-order valence-corrected chi connectivity index (χ2v) is 4.04. The summed E-state index contributed by atoms with van der Waals surface area (Å²) in [6.45, 7) is 1.75. The van der Waals surface area contributed by atoms with Crippen molar-refractivity contribution in [2.24, 2.45) is 5.73 Å². The quantitative estimate of drug-likeness (QED) is 0.812. The van der Waals surface area contributed by atoms with Gasteiger partial charge in [-0.3, -0.25) is 0 Å². The highest BCUT2D eigenvalue weighted by molar-refractivity contribution is 6.42. The molecule has 0 spiro atoms. The van der Waals surface area contributed by atoms with Crippen LogP contribution in [0.5, 0.6) is 0 Å². The summed E-state index contributed by atoms with van der Waals surface area (Å²) in [5.74, 6) is -0.551. The van der Waals surface area contributed by atoms with E-state index in [9.17, 15) is 9.50 Å². The maximum absolute atomic E-state index is 13.4. The lowest BCUT2D eigenvalue weighted by Crippen LogP contribution is -2.26. The van der Waals surface area contributed by atoms with Gasteiger partial charge < -0.3 is 10.8 Å². The Kier molecular flexibility index (Phi) is 4.34. The van der Waals surface area contributed by atoms with E-state index in [0.717, 1.165) is 0 Å². The Morgan fingerprint density at radius 1 is 1.47 bits per heavy atom. The molecule has 15 heavy (non-hydrogen) atoms. The van der Waals surface area contributed by atoms with E-state index in [1.54, 1.807) is 6.92 Å². The fourth-order valence-electron chi connectivity index (χ4n) is 1.29. The summed E-state index contributed by atoms with van der Waals surface area (Å²) in [5, 5.41) is 9.82. The van der Waals surface area contributed by atoms with Crippen molar-refractivity contribution in [3.8, 4) is 0 Å². The lowest BCUT2D eigenvalue weighted by molar-refractivity contribution is 0.139. The molecule has 1 aromatic rings. The molecule has 0 radical (unpaired) electrons. The van der Waals surface area contributed by atoms with Crippen LogP contribution in [0.3, 0.4) is 0 Å². The molecular weight excluding hydrogens is 240 g/mol. The van der Waals surface area contributed by atoms with Crippen molar-refractivity contribution >= 4 is 23.2 Å². The molecule has 0 heterocycles. The molecule has 0 amide bonds. The molecule has 2 atom stereocenters. The zero-order valence-corrected chi connectivity index (χ0v) is 9.69. The zero-order chi connectivity index (χ0) is 11.6. The van der Waals surface area contributed by atoms with Crippen LogP contribution in [-0.4, -0.2) is 11.2 Å². The summed E-state index contributed by atoms with van der Waals surface area (Å²) in [5.41, 5.74) is 5.75. The number of hydrogen-bond acceptors (Lipinski definition) is 2. The molecule has 84 valence electrons. The van der Waals surface area contributed by atoms with Gasteiger partial charge in [-0.2, -0.15) is 0 Å². The van der Waals surface area contributed by atoms with Gasteiger partial charge in [-0.25, -0.2) is 4.39 Å². The molecule has 1 aromatic carbocycles. The summed E-state index contributed by atoms with van der Waals surface area (Å²) in [7, 11) is 0. The third-order valence-corrected chi connectivity index (χ3v) is 3.06. The van der Waals surface area contributed by atoms with E-state index in [-0.39, 0.29) is 15.6 Å². The average Bonchev–Trinajstić information content (AvgIpc) is 2.22. The maximum Gasteiger partial charge on any atom is 0.129 e. The van der Waals surface area contributed by atoms with Crippen LogP contribution in [0.1, 0.15) is 24.9 Å². The summed E-state index contributed by atoms with van der Waals surface area (Å²) in [4.78, 5) is 0. The fraction of sp³-hybridized carbons (Fsp3) is 0.400. The number of aliphatic hydroxyl groups excluding tert-OH is 1. The standard InChI is InChI=1S/C10H12Cl2FNO/c1-2-7(15)10(14)8-6(13)4-3-5(11)9(8)12/h3-4,7,10,15H,2,14H2,1H3/t7-,10-/m1/s1. The van der Waals surface area contributed by atoms with E-state index in [1.165, 1.54) is 12.1 Å². The van der Waals surface area contributed by atoms with E-state index < -0.39 is 18.0 Å². The minimum atomic E-state index is -0.860. The summed E-state index contributed by atoms with van der Waals surface area (Å²) >= 11 is 11.6. The van der Waals surface area contributed by atoms with Gasteiger partial charge in [0.15, 0.2) is 0 Å². The first-order valence-electron chi connectivity index (χ1n) is 4.56. The van der Waals surface area contributed by atoms with Crippen molar-refractivity contribution < 1.29 is 9.50 Å². The summed E-state index contributed by atoms with van der Waals surface area (Å²) < 4.78 is 13.4. The highest BCUT2D eigenvalue weighted by atomic mass is 35.5. The second kappa shape index (κ2) is 5.12. The van der Waals surface area contributed by atoms with Crippen LogP contribution in [0.15, 0.2) is 12.1 Å². The first kappa shape index (κ1) is 12.7. The zero-order valence-electron chi connectivity index (χ0n) is 8.17. The molecule has 3 N–H and O–H groups in total. The van der Waals surface area contributed by atoms with Crippen LogP contribution in [0.2, 0.25) is 10.0 Å². The molecular formula is C10H12Cl2FNO. The van der Waals surface area contributed by atoms with Crippen LogP contribution >= 0.6 is 23.2 Å². The second-order valence-electron chi connectivity index (χ2n) is 3.26. The minimum absolute atomic E-state index is 0.0664. The first-order chi connectivity index (χ1) is 6.99. The van der Waals surface area contributed by atoms with E-state index in [0.29, 0.717) is 6.42 Å². The predicted octanol–water partition coefficient (Wildman–Crippen LogP) is 2.90. The molecule has 0 bridgehead atoms. The number of nitrogens with two attached hydrogens (primary N) is 1. The smallest absolute Gasteiger partial charge is 0.129 e. The Morgan fingerprint density at radius 2 is 2.07 bits per heavy atom. The number of benzene rings is 1. The number of halogens is 3. The SMILES string of the molecule is CC[C@@H](O)[C@@H](N)c1c(F)ccc(Cl)c1Cl. The third kappa shape index (κ3) is 2.61. The Hall–Kier alpha value is -0.350. The largest absolute Gasteiger partial charge is 0.391 e. The van der Waals surface area contributed by atoms with Crippen molar-refractivity contribution in [3.63, 3.8) is 0 Å². The third-order valence-electron chi connectivity index (χ3n) is 2.25. The van der Waals surface area contributed by atoms with Crippen LogP contribution in [0.25, 0.3) is 0 Å². The van der Waals surface area contributed by atoms with Gasteiger partial charge in [0.2, 0.25) is 0 Å². The average molecular weight is 252 g/mol. The van der Waals surface area contributed by atoms with Crippen molar-refractivity contribution in [3.05, 3.63) is 33.6 Å². The molecule has 5 heteroatoms. The Balaban J connectivity index is 3.18. The van der Waals surface area contributed by atoms with Gasteiger partial charge in [0, 0.05) is 5.56 Å². The fourth-order valence-corrected chi connectivity index (χ4v) is 1.74. The van der Waals surface area contributed by atoms with Gasteiger partial charge in [-0.15, -0.1) is 0 Å². The Bertz CT molecular complexity index is 360. The van der Waals surface area contributed by atoms with Crippen molar-refractivity contribution in [1.82, 2.24) is 0 Å². The Labute approximate surface area is 97.8 Å². The number of aliphatic hydroxyl groups is 1. The van der Waals surface area contributed by atoms with Crippen LogP contribution in [0.4, 0.5) is 4.39 Å². The van der Waals surface area contributed by atoms with Crippen molar-refractivity contribution in [1.29, 1.82) is 0 Å². The van der Waals surface area contributed by atoms with Crippen LogP contribution in [-0.2, 0) is 0 Å². The van der Waals surface area contributed by atoms with Crippen molar-refractivity contribution in [2.45, 2.75) is 25.5 Å². The van der Waals surface area contributed by atoms with E-state index in [4.69, 9.17) is 28.9 Å². The summed E-state index contributed by atoms with van der Waals surface area (Å²) in [6, 6.07) is 1.68. The lowest BCUT2D eigenvalue weighted by atomic mass is 10.00. The number of hydrogen-bond donors (Lipinski definition) is 2. The van der Waals surface area contributed by atoms with Crippen LogP contribution < -0.4 is 5.73 Å². The normalized spacial score (nSPS) is 15.1. The molecule has 0 saturated heterocycles. The minimum Gasteiger partial charge on any atom is -0.391 e. The van der Waals surface area contributed by atoms with Gasteiger partial charge in [0.1, 0.15) is 5.82 Å². The first-order valence-corrected chi connectivity index (χ1v) is 5.31. The Morgan fingerprint density at radius 3 is 2.60 bits per heavy atom. The molecule has 0 aromatic heterocycles. The van der Waals surface area contributed by atoms with Gasteiger partial charge in [0.25, 0.3) is 0 Å². The van der Waals surface area contributed by atoms with Crippen molar-refractivity contribution in [2.75, 3.05) is 0 Å². The van der Waals surface area contributed by atoms with Crippen LogP contribution in [0, 0.1) is 5.82 Å². The van der Waals surface area contributed by atoms with E-state index in [2.05, 4.69) is 0 Å². The molecule has 0 aliphatic carbocycles. The molecule has 2 nitrogen and oxygen atoms in total. The molecule has 0 saturated carbocycles. The van der Waals surface area contributed by atoms with E-state index in [1.807, 2.05) is 0 Å². The molecule has 0 fully saturated rings. The molecule has 1 rings (SSSR count). The monoisotopic (exact) mass is 251 g/mol. The highest BCUT2D eigenvalue weighted by Crippen LogP contribution is 2.33.